The van der Waals surface area contributed by atoms with Crippen LogP contribution in [0.15, 0.2) is 17.1 Å². The van der Waals surface area contributed by atoms with Crippen LogP contribution < -0.4 is 10.5 Å². The van der Waals surface area contributed by atoms with Crippen molar-refractivity contribution in [2.75, 3.05) is 19.0 Å². The lowest BCUT2D eigenvalue weighted by Crippen LogP contribution is -2.32. The Labute approximate surface area is 101 Å². The maximum atomic E-state index is 12.4. The Morgan fingerprint density at radius 3 is 2.56 bits per heavy atom. The molecule has 0 spiro atoms. The first-order valence-electron chi connectivity index (χ1n) is 4.96. The van der Waals surface area contributed by atoms with Gasteiger partial charge in [0.05, 0.1) is 24.5 Å². The van der Waals surface area contributed by atoms with Crippen molar-refractivity contribution in [3.05, 3.63) is 22.6 Å². The van der Waals surface area contributed by atoms with Crippen LogP contribution in [0.25, 0.3) is 0 Å². The second-order valence-corrected chi connectivity index (χ2v) is 3.85. The average molecular weight is 260 g/mol. The predicted octanol–water partition coefficient (Wildman–Crippen LogP) is 1.01. The fraction of sp³-hybridized carbons (Fsp3) is 0.500. The molecule has 1 aromatic rings. The van der Waals surface area contributed by atoms with Crippen LogP contribution in [0.4, 0.5) is 18.9 Å². The van der Waals surface area contributed by atoms with Crippen LogP contribution in [-0.4, -0.2) is 30.1 Å². The van der Waals surface area contributed by atoms with Crippen molar-refractivity contribution in [3.8, 4) is 6.07 Å². The van der Waals surface area contributed by atoms with Crippen molar-refractivity contribution in [1.82, 2.24) is 9.78 Å². The van der Waals surface area contributed by atoms with Crippen LogP contribution in [0.1, 0.15) is 0 Å². The van der Waals surface area contributed by atoms with Crippen molar-refractivity contribution in [1.29, 1.82) is 5.26 Å². The van der Waals surface area contributed by atoms with Gasteiger partial charge in [0, 0.05) is 20.2 Å². The molecule has 0 radical (unpaired) electrons. The number of halogens is 3. The molecule has 1 rings (SSSR count). The first-order chi connectivity index (χ1) is 8.25. The molecule has 1 unspecified atom stereocenters. The lowest BCUT2D eigenvalue weighted by Gasteiger charge is -2.15. The third kappa shape index (κ3) is 3.23. The van der Waals surface area contributed by atoms with Gasteiger partial charge in [0.15, 0.2) is 5.92 Å². The molecule has 0 aliphatic heterocycles. The molecule has 1 atom stereocenters. The molecule has 5 nitrogen and oxygen atoms in total. The van der Waals surface area contributed by atoms with Crippen LogP contribution in [0.5, 0.6) is 0 Å². The van der Waals surface area contributed by atoms with Crippen LogP contribution in [0.2, 0.25) is 0 Å². The van der Waals surface area contributed by atoms with Gasteiger partial charge in [-0.05, 0) is 0 Å². The van der Waals surface area contributed by atoms with E-state index in [4.69, 9.17) is 5.26 Å². The van der Waals surface area contributed by atoms with Gasteiger partial charge < -0.3 is 4.90 Å². The van der Waals surface area contributed by atoms with Crippen LogP contribution in [-0.2, 0) is 6.54 Å². The van der Waals surface area contributed by atoms with Gasteiger partial charge in [0.25, 0.3) is 5.56 Å². The summed E-state index contributed by atoms with van der Waals surface area (Å²) in [6.45, 7) is -0.799. The SMILES string of the molecule is CN(C)c1cnn(CC(C#N)C(F)(F)F)c(=O)c1. The highest BCUT2D eigenvalue weighted by molar-refractivity contribution is 5.40. The second kappa shape index (κ2) is 5.08. The lowest BCUT2D eigenvalue weighted by molar-refractivity contribution is -0.162. The quantitative estimate of drug-likeness (QED) is 0.813. The van der Waals surface area contributed by atoms with E-state index in [1.807, 2.05) is 0 Å². The molecule has 0 bridgehead atoms. The van der Waals surface area contributed by atoms with Gasteiger partial charge in [-0.2, -0.15) is 23.5 Å². The number of nitrogens with zero attached hydrogens (tertiary/aromatic N) is 4. The smallest absolute Gasteiger partial charge is 0.376 e. The van der Waals surface area contributed by atoms with E-state index in [1.54, 1.807) is 19.0 Å². The Morgan fingerprint density at radius 1 is 1.56 bits per heavy atom. The molecule has 0 fully saturated rings. The fourth-order valence-electron chi connectivity index (χ4n) is 1.20. The molecule has 0 N–H and O–H groups in total. The van der Waals surface area contributed by atoms with Crippen molar-refractivity contribution >= 4 is 5.69 Å². The third-order valence-electron chi connectivity index (χ3n) is 2.28. The predicted molar refractivity (Wildman–Crippen MR) is 58.0 cm³/mol. The van der Waals surface area contributed by atoms with Crippen LogP contribution >= 0.6 is 0 Å². The van der Waals surface area contributed by atoms with E-state index in [0.29, 0.717) is 10.4 Å². The van der Waals surface area contributed by atoms with Crippen molar-refractivity contribution in [2.24, 2.45) is 5.92 Å². The van der Waals surface area contributed by atoms with Gasteiger partial charge >= 0.3 is 6.18 Å². The van der Waals surface area contributed by atoms with Crippen molar-refractivity contribution in [2.45, 2.75) is 12.7 Å². The van der Waals surface area contributed by atoms with Gasteiger partial charge in [0.1, 0.15) is 0 Å². The fourth-order valence-corrected chi connectivity index (χ4v) is 1.20. The first kappa shape index (κ1) is 14.0. The first-order valence-corrected chi connectivity index (χ1v) is 4.96. The molecule has 1 heterocycles. The van der Waals surface area contributed by atoms with E-state index < -0.39 is 24.2 Å². The molecule has 98 valence electrons. The monoisotopic (exact) mass is 260 g/mol. The summed E-state index contributed by atoms with van der Waals surface area (Å²) in [4.78, 5) is 13.1. The number of hydrogen-bond acceptors (Lipinski definition) is 4. The molecule has 0 aliphatic rings. The Morgan fingerprint density at radius 2 is 2.17 bits per heavy atom. The highest BCUT2D eigenvalue weighted by Crippen LogP contribution is 2.26. The molecule has 0 saturated heterocycles. The third-order valence-corrected chi connectivity index (χ3v) is 2.28. The summed E-state index contributed by atoms with van der Waals surface area (Å²) < 4.78 is 37.7. The van der Waals surface area contributed by atoms with Gasteiger partial charge in [-0.3, -0.25) is 4.79 Å². The van der Waals surface area contributed by atoms with Crippen molar-refractivity contribution < 1.29 is 13.2 Å². The van der Waals surface area contributed by atoms with Gasteiger partial charge in [-0.1, -0.05) is 0 Å². The van der Waals surface area contributed by atoms with Crippen LogP contribution in [0, 0.1) is 17.2 Å². The molecule has 0 saturated carbocycles. The number of alkyl halides is 3. The van der Waals surface area contributed by atoms with Gasteiger partial charge in [0.2, 0.25) is 0 Å². The maximum Gasteiger partial charge on any atom is 0.406 e. The molecule has 0 aliphatic carbocycles. The summed E-state index contributed by atoms with van der Waals surface area (Å²) in [5, 5.41) is 12.0. The summed E-state index contributed by atoms with van der Waals surface area (Å²) in [6.07, 6.45) is -3.40. The number of aromatic nitrogens is 2. The maximum absolute atomic E-state index is 12.4. The standard InChI is InChI=1S/C10H11F3N4O/c1-16(2)8-3-9(18)17(15-5-8)6-7(4-14)10(11,12)13/h3,5,7H,6H2,1-2H3. The summed E-state index contributed by atoms with van der Waals surface area (Å²) >= 11 is 0. The van der Waals surface area contributed by atoms with E-state index in [1.165, 1.54) is 6.20 Å². The zero-order chi connectivity index (χ0) is 13.9. The minimum Gasteiger partial charge on any atom is -0.376 e. The lowest BCUT2D eigenvalue weighted by atomic mass is 10.1. The molecular weight excluding hydrogens is 249 g/mol. The largest absolute Gasteiger partial charge is 0.406 e. The highest BCUT2D eigenvalue weighted by atomic mass is 19.4. The number of hydrogen-bond donors (Lipinski definition) is 0. The normalized spacial score (nSPS) is 12.9. The average Bonchev–Trinajstić information content (AvgIpc) is 2.25. The Balaban J connectivity index is 3.00. The van der Waals surface area contributed by atoms with E-state index in [9.17, 15) is 18.0 Å². The number of nitriles is 1. The summed E-state index contributed by atoms with van der Waals surface area (Å²) in [6, 6.07) is 2.28. The molecule has 18 heavy (non-hydrogen) atoms. The Hall–Kier alpha value is -2.04. The molecular formula is C10H11F3N4O. The van der Waals surface area contributed by atoms with E-state index in [0.717, 1.165) is 12.1 Å². The Bertz CT molecular complexity index is 515. The zero-order valence-electron chi connectivity index (χ0n) is 9.77. The molecule has 0 aromatic carbocycles. The van der Waals surface area contributed by atoms with Gasteiger partial charge in [-0.15, -0.1) is 0 Å². The van der Waals surface area contributed by atoms with E-state index >= 15 is 0 Å². The van der Waals surface area contributed by atoms with Gasteiger partial charge in [-0.25, -0.2) is 4.68 Å². The molecule has 0 amide bonds. The summed E-state index contributed by atoms with van der Waals surface area (Å²) in [7, 11) is 3.35. The van der Waals surface area contributed by atoms with Crippen molar-refractivity contribution in [3.63, 3.8) is 0 Å². The minimum atomic E-state index is -4.67. The topological polar surface area (TPSA) is 61.9 Å². The number of rotatable bonds is 3. The highest BCUT2D eigenvalue weighted by Gasteiger charge is 2.40. The summed E-state index contributed by atoms with van der Waals surface area (Å²) in [5.74, 6) is -2.24. The summed E-state index contributed by atoms with van der Waals surface area (Å²) in [5.41, 5.74) is -0.192. The Kier molecular flexibility index (Phi) is 3.96. The molecule has 1 aromatic heterocycles. The molecule has 8 heteroatoms. The number of anilines is 1. The second-order valence-electron chi connectivity index (χ2n) is 3.85. The van der Waals surface area contributed by atoms with E-state index in [-0.39, 0.29) is 0 Å². The minimum absolute atomic E-state index is 0.483. The van der Waals surface area contributed by atoms with E-state index in [2.05, 4.69) is 5.10 Å². The zero-order valence-corrected chi connectivity index (χ0v) is 9.77. The van der Waals surface area contributed by atoms with Crippen LogP contribution in [0.3, 0.4) is 0 Å².